The minimum Gasteiger partial charge on any atom is -0.371 e. The summed E-state index contributed by atoms with van der Waals surface area (Å²) < 4.78 is 6.80. The molecule has 0 bridgehead atoms. The van der Waals surface area contributed by atoms with Gasteiger partial charge in [0.1, 0.15) is 0 Å². The van der Waals surface area contributed by atoms with Crippen molar-refractivity contribution in [1.82, 2.24) is 10.2 Å². The number of nitrogens with two attached hydrogens (primary N) is 1. The van der Waals surface area contributed by atoms with E-state index in [4.69, 9.17) is 10.5 Å². The Balaban J connectivity index is 1.84. The fourth-order valence-electron chi connectivity index (χ4n) is 2.24. The number of carbonyl (C=O) groups is 2. The fraction of sp³-hybridized carbons (Fsp3) is 0.429. The van der Waals surface area contributed by atoms with Gasteiger partial charge in [-0.25, -0.2) is 4.79 Å². The SMILES string of the molecule is NC(=O)NC(=O)CCN1CCO[C@@H](c2ccc(Br)cc2)C1. The number of hydrogen-bond donors (Lipinski definition) is 2. The number of benzene rings is 1. The Labute approximate surface area is 131 Å². The summed E-state index contributed by atoms with van der Waals surface area (Å²) in [6.07, 6.45) is 0.252. The molecule has 0 aromatic heterocycles. The number of nitrogens with zero attached hydrogens (tertiary/aromatic N) is 1. The zero-order valence-electron chi connectivity index (χ0n) is 11.5. The van der Waals surface area contributed by atoms with Crippen molar-refractivity contribution >= 4 is 27.9 Å². The van der Waals surface area contributed by atoms with Gasteiger partial charge in [-0.05, 0) is 17.7 Å². The molecular weight excluding hydrogens is 338 g/mol. The van der Waals surface area contributed by atoms with Crippen LogP contribution in [0.5, 0.6) is 0 Å². The van der Waals surface area contributed by atoms with Gasteiger partial charge in [0.15, 0.2) is 0 Å². The van der Waals surface area contributed by atoms with Crippen molar-refractivity contribution in [3.8, 4) is 0 Å². The number of halogens is 1. The number of imide groups is 1. The number of rotatable bonds is 4. The summed E-state index contributed by atoms with van der Waals surface area (Å²) in [5.41, 5.74) is 6.02. The van der Waals surface area contributed by atoms with Gasteiger partial charge in [-0.2, -0.15) is 0 Å². The third-order valence-corrected chi connectivity index (χ3v) is 3.84. The molecule has 0 radical (unpaired) electrons. The van der Waals surface area contributed by atoms with Crippen LogP contribution >= 0.6 is 15.9 Å². The van der Waals surface area contributed by atoms with Crippen LogP contribution in [-0.2, 0) is 9.53 Å². The van der Waals surface area contributed by atoms with Crippen molar-refractivity contribution in [2.24, 2.45) is 5.73 Å². The van der Waals surface area contributed by atoms with Gasteiger partial charge in [0, 0.05) is 30.5 Å². The Hall–Kier alpha value is -1.44. The Kier molecular flexibility index (Phi) is 5.72. The molecule has 2 rings (SSSR count). The molecule has 3 N–H and O–H groups in total. The number of carbonyl (C=O) groups excluding carboxylic acids is 2. The van der Waals surface area contributed by atoms with Crippen LogP contribution < -0.4 is 11.1 Å². The first-order valence-electron chi connectivity index (χ1n) is 6.73. The first-order chi connectivity index (χ1) is 10.0. The molecule has 0 spiro atoms. The summed E-state index contributed by atoms with van der Waals surface area (Å²) in [5, 5.41) is 2.07. The lowest BCUT2D eigenvalue weighted by Gasteiger charge is -2.33. The highest BCUT2D eigenvalue weighted by molar-refractivity contribution is 9.10. The Morgan fingerprint density at radius 1 is 1.38 bits per heavy atom. The molecule has 0 unspecified atom stereocenters. The van der Waals surface area contributed by atoms with Crippen molar-refractivity contribution in [3.05, 3.63) is 34.3 Å². The van der Waals surface area contributed by atoms with E-state index in [1.807, 2.05) is 24.3 Å². The average Bonchev–Trinajstić information content (AvgIpc) is 2.45. The molecule has 1 atom stereocenters. The summed E-state index contributed by atoms with van der Waals surface area (Å²) in [5.74, 6) is -0.353. The van der Waals surface area contributed by atoms with Crippen molar-refractivity contribution < 1.29 is 14.3 Å². The maximum Gasteiger partial charge on any atom is 0.318 e. The molecule has 1 aliphatic heterocycles. The zero-order chi connectivity index (χ0) is 15.2. The normalized spacial score (nSPS) is 19.2. The third-order valence-electron chi connectivity index (χ3n) is 3.31. The van der Waals surface area contributed by atoms with E-state index in [-0.39, 0.29) is 18.4 Å². The van der Waals surface area contributed by atoms with Gasteiger partial charge < -0.3 is 10.5 Å². The first-order valence-corrected chi connectivity index (χ1v) is 7.52. The van der Waals surface area contributed by atoms with Crippen LogP contribution in [0.15, 0.2) is 28.7 Å². The molecule has 1 fully saturated rings. The number of urea groups is 1. The summed E-state index contributed by atoms with van der Waals surface area (Å²) in [7, 11) is 0. The fourth-order valence-corrected chi connectivity index (χ4v) is 2.51. The smallest absolute Gasteiger partial charge is 0.318 e. The van der Waals surface area contributed by atoms with Crippen LogP contribution in [-0.4, -0.2) is 43.1 Å². The second kappa shape index (κ2) is 7.53. The number of ether oxygens (including phenoxy) is 1. The molecule has 1 aromatic rings. The van der Waals surface area contributed by atoms with Crippen LogP contribution in [0.3, 0.4) is 0 Å². The lowest BCUT2D eigenvalue weighted by Crippen LogP contribution is -2.41. The van der Waals surface area contributed by atoms with Gasteiger partial charge in [-0.1, -0.05) is 28.1 Å². The zero-order valence-corrected chi connectivity index (χ0v) is 13.1. The molecule has 6 nitrogen and oxygen atoms in total. The van der Waals surface area contributed by atoms with Crippen molar-refractivity contribution in [2.75, 3.05) is 26.2 Å². The molecule has 1 aromatic carbocycles. The van der Waals surface area contributed by atoms with Crippen LogP contribution in [0.1, 0.15) is 18.1 Å². The predicted octanol–water partition coefficient (Wildman–Crippen LogP) is 1.41. The summed E-state index contributed by atoms with van der Waals surface area (Å²) in [6.45, 7) is 2.70. The second-order valence-electron chi connectivity index (χ2n) is 4.87. The van der Waals surface area contributed by atoms with E-state index >= 15 is 0 Å². The molecule has 21 heavy (non-hydrogen) atoms. The van der Waals surface area contributed by atoms with Crippen LogP contribution in [0.25, 0.3) is 0 Å². The molecule has 0 saturated carbocycles. The van der Waals surface area contributed by atoms with E-state index in [1.54, 1.807) is 0 Å². The van der Waals surface area contributed by atoms with Gasteiger partial charge in [0.05, 0.1) is 12.7 Å². The predicted molar refractivity (Wildman–Crippen MR) is 81.6 cm³/mol. The standard InChI is InChI=1S/C14H18BrN3O3/c15-11-3-1-10(2-4-11)12-9-18(7-8-21-12)6-5-13(19)17-14(16)20/h1-4,12H,5-9H2,(H3,16,17,19,20)/t12-/m1/s1. The minimum atomic E-state index is -0.810. The first kappa shape index (κ1) is 15.9. The highest BCUT2D eigenvalue weighted by Gasteiger charge is 2.22. The van der Waals surface area contributed by atoms with E-state index in [0.29, 0.717) is 13.2 Å². The lowest BCUT2D eigenvalue weighted by atomic mass is 10.1. The van der Waals surface area contributed by atoms with Gasteiger partial charge in [0.2, 0.25) is 5.91 Å². The number of primary amides is 1. The Morgan fingerprint density at radius 2 is 2.10 bits per heavy atom. The average molecular weight is 356 g/mol. The molecule has 7 heteroatoms. The van der Waals surface area contributed by atoms with Gasteiger partial charge in [0.25, 0.3) is 0 Å². The monoisotopic (exact) mass is 355 g/mol. The second-order valence-corrected chi connectivity index (χ2v) is 5.79. The minimum absolute atomic E-state index is 0.00560. The largest absolute Gasteiger partial charge is 0.371 e. The van der Waals surface area contributed by atoms with Gasteiger partial charge in [-0.3, -0.25) is 15.0 Å². The summed E-state index contributed by atoms with van der Waals surface area (Å²) >= 11 is 3.41. The summed E-state index contributed by atoms with van der Waals surface area (Å²) in [4.78, 5) is 24.1. The highest BCUT2D eigenvalue weighted by atomic mass is 79.9. The lowest BCUT2D eigenvalue weighted by molar-refractivity contribution is -0.120. The van der Waals surface area contributed by atoms with E-state index in [0.717, 1.165) is 23.1 Å². The molecule has 1 saturated heterocycles. The number of morpholine rings is 1. The number of nitrogens with one attached hydrogen (secondary N) is 1. The topological polar surface area (TPSA) is 84.7 Å². The maximum atomic E-state index is 11.4. The molecular formula is C14H18BrN3O3. The van der Waals surface area contributed by atoms with Crippen molar-refractivity contribution in [2.45, 2.75) is 12.5 Å². The van der Waals surface area contributed by atoms with E-state index in [9.17, 15) is 9.59 Å². The van der Waals surface area contributed by atoms with Crippen molar-refractivity contribution in [1.29, 1.82) is 0 Å². The van der Waals surface area contributed by atoms with Crippen LogP contribution in [0, 0.1) is 0 Å². The Morgan fingerprint density at radius 3 is 2.76 bits per heavy atom. The molecule has 114 valence electrons. The molecule has 0 aliphatic carbocycles. The molecule has 1 aliphatic rings. The molecule has 3 amide bonds. The van der Waals surface area contributed by atoms with E-state index in [2.05, 4.69) is 26.1 Å². The van der Waals surface area contributed by atoms with E-state index in [1.165, 1.54) is 0 Å². The third kappa shape index (κ3) is 5.11. The number of amides is 3. The summed E-state index contributed by atoms with van der Waals surface area (Å²) in [6, 6.07) is 7.21. The highest BCUT2D eigenvalue weighted by Crippen LogP contribution is 2.23. The van der Waals surface area contributed by atoms with Crippen LogP contribution in [0.2, 0.25) is 0 Å². The number of hydrogen-bond acceptors (Lipinski definition) is 4. The van der Waals surface area contributed by atoms with Gasteiger partial charge >= 0.3 is 6.03 Å². The van der Waals surface area contributed by atoms with Crippen LogP contribution in [0.4, 0.5) is 4.79 Å². The Bertz CT molecular complexity index is 507. The quantitative estimate of drug-likeness (QED) is 0.854. The van der Waals surface area contributed by atoms with Gasteiger partial charge in [-0.15, -0.1) is 0 Å². The molecule has 1 heterocycles. The maximum absolute atomic E-state index is 11.4. The van der Waals surface area contributed by atoms with E-state index < -0.39 is 6.03 Å². The van der Waals surface area contributed by atoms with Crippen molar-refractivity contribution in [3.63, 3.8) is 0 Å².